The van der Waals surface area contributed by atoms with E-state index in [1.54, 1.807) is 0 Å². The van der Waals surface area contributed by atoms with Crippen molar-refractivity contribution in [3.63, 3.8) is 0 Å². The zero-order valence-electron chi connectivity index (χ0n) is 13.1. The maximum Gasteiger partial charge on any atom is 0.134 e. The van der Waals surface area contributed by atoms with Crippen LogP contribution in [-0.2, 0) is 13.1 Å². The molecule has 3 nitrogen and oxygen atoms in total. The molecule has 1 atom stereocenters. The average molecular weight is 274 g/mol. The van der Waals surface area contributed by atoms with Gasteiger partial charge in [-0.1, -0.05) is 38.5 Å². The molecular formula is C17H26N2O. The summed E-state index contributed by atoms with van der Waals surface area (Å²) in [4.78, 5) is 2.39. The molecular weight excluding hydrogens is 248 g/mol. The maximum atomic E-state index is 5.98. The van der Waals surface area contributed by atoms with Crippen LogP contribution >= 0.6 is 0 Å². The van der Waals surface area contributed by atoms with Crippen LogP contribution in [-0.4, -0.2) is 25.5 Å². The summed E-state index contributed by atoms with van der Waals surface area (Å²) in [5.41, 5.74) is 2.31. The first-order valence-electron chi connectivity index (χ1n) is 7.48. The van der Waals surface area contributed by atoms with Gasteiger partial charge in [0.15, 0.2) is 0 Å². The van der Waals surface area contributed by atoms with Gasteiger partial charge in [-0.05, 0) is 26.1 Å². The number of rotatable bonds is 7. The van der Waals surface area contributed by atoms with Crippen LogP contribution in [0.2, 0.25) is 0 Å². The Hall–Kier alpha value is -1.32. The molecule has 0 aliphatic carbocycles. The Morgan fingerprint density at radius 1 is 1.30 bits per heavy atom. The van der Waals surface area contributed by atoms with Gasteiger partial charge in [0.2, 0.25) is 0 Å². The first-order valence-corrected chi connectivity index (χ1v) is 7.48. The van der Waals surface area contributed by atoms with E-state index < -0.39 is 0 Å². The second kappa shape index (κ2) is 6.91. The molecule has 2 rings (SSSR count). The molecule has 0 fully saturated rings. The predicted octanol–water partition coefficient (Wildman–Crippen LogP) is 3.63. The normalized spacial score (nSPS) is 13.2. The second-order valence-corrected chi connectivity index (χ2v) is 5.74. The Kier molecular flexibility index (Phi) is 5.21. The molecule has 0 aliphatic heterocycles. The first kappa shape index (κ1) is 15.1. The van der Waals surface area contributed by atoms with Crippen molar-refractivity contribution in [3.05, 3.63) is 35.6 Å². The smallest absolute Gasteiger partial charge is 0.134 e. The van der Waals surface area contributed by atoms with E-state index >= 15 is 0 Å². The van der Waals surface area contributed by atoms with Crippen LogP contribution in [0.1, 0.15) is 31.6 Å². The minimum atomic E-state index is 0.728. The topological polar surface area (TPSA) is 28.4 Å². The van der Waals surface area contributed by atoms with Gasteiger partial charge in [-0.15, -0.1) is 0 Å². The highest BCUT2D eigenvalue weighted by atomic mass is 16.3. The largest absolute Gasteiger partial charge is 0.459 e. The molecule has 0 aliphatic rings. The molecule has 1 unspecified atom stereocenters. The number of nitrogens with one attached hydrogen (secondary N) is 1. The van der Waals surface area contributed by atoms with Gasteiger partial charge >= 0.3 is 0 Å². The highest BCUT2D eigenvalue weighted by molar-refractivity contribution is 5.82. The van der Waals surface area contributed by atoms with Crippen LogP contribution < -0.4 is 5.32 Å². The Morgan fingerprint density at radius 2 is 2.05 bits per heavy atom. The third-order valence-corrected chi connectivity index (χ3v) is 3.87. The lowest BCUT2D eigenvalue weighted by Crippen LogP contribution is -2.24. The number of fused-ring (bicyclic) bond motifs is 1. The number of furan rings is 1. The molecule has 1 heterocycles. The first-order chi connectivity index (χ1) is 9.65. The van der Waals surface area contributed by atoms with Gasteiger partial charge in [0.25, 0.3) is 0 Å². The van der Waals surface area contributed by atoms with Gasteiger partial charge in [0.1, 0.15) is 11.3 Å². The summed E-state index contributed by atoms with van der Waals surface area (Å²) in [6.45, 7) is 7.39. The molecule has 110 valence electrons. The minimum Gasteiger partial charge on any atom is -0.459 e. The summed E-state index contributed by atoms with van der Waals surface area (Å²) < 4.78 is 5.98. The van der Waals surface area contributed by atoms with E-state index in [2.05, 4.69) is 43.2 Å². The van der Waals surface area contributed by atoms with Crippen molar-refractivity contribution in [2.24, 2.45) is 5.92 Å². The van der Waals surface area contributed by atoms with E-state index in [0.29, 0.717) is 0 Å². The van der Waals surface area contributed by atoms with Crippen LogP contribution in [0.25, 0.3) is 11.0 Å². The van der Waals surface area contributed by atoms with Gasteiger partial charge in [-0.3, -0.25) is 0 Å². The SMILES string of the molecule is CCC(C)CN(C)Cc1c(CNC)oc2ccccc12. The summed E-state index contributed by atoms with van der Waals surface area (Å²) in [6.07, 6.45) is 1.22. The van der Waals surface area contributed by atoms with E-state index in [0.717, 1.165) is 36.9 Å². The molecule has 0 saturated heterocycles. The lowest BCUT2D eigenvalue weighted by atomic mass is 10.1. The predicted molar refractivity (Wildman–Crippen MR) is 84.8 cm³/mol. The van der Waals surface area contributed by atoms with Crippen molar-refractivity contribution in [1.82, 2.24) is 10.2 Å². The van der Waals surface area contributed by atoms with Crippen LogP contribution in [0.5, 0.6) is 0 Å². The molecule has 1 aromatic heterocycles. The lowest BCUT2D eigenvalue weighted by molar-refractivity contribution is 0.273. The number of hydrogen-bond acceptors (Lipinski definition) is 3. The number of hydrogen-bond donors (Lipinski definition) is 1. The highest BCUT2D eigenvalue weighted by Gasteiger charge is 2.15. The van der Waals surface area contributed by atoms with Crippen molar-refractivity contribution < 1.29 is 4.42 Å². The Balaban J connectivity index is 2.24. The zero-order chi connectivity index (χ0) is 14.5. The third kappa shape index (κ3) is 3.41. The Bertz CT molecular complexity index is 547. The van der Waals surface area contributed by atoms with Crippen LogP contribution in [0.3, 0.4) is 0 Å². The van der Waals surface area contributed by atoms with E-state index in [1.165, 1.54) is 17.4 Å². The molecule has 1 aromatic carbocycles. The molecule has 0 amide bonds. The standard InChI is InChI=1S/C17H26N2O/c1-5-13(2)11-19(4)12-15-14-8-6-7-9-16(14)20-17(15)10-18-3/h6-9,13,18H,5,10-12H2,1-4H3. The van der Waals surface area contributed by atoms with Gasteiger partial charge in [-0.25, -0.2) is 0 Å². The molecule has 0 radical (unpaired) electrons. The molecule has 0 bridgehead atoms. The van der Waals surface area contributed by atoms with Crippen LogP contribution in [0.15, 0.2) is 28.7 Å². The fraction of sp³-hybridized carbons (Fsp3) is 0.529. The van der Waals surface area contributed by atoms with Crippen LogP contribution in [0.4, 0.5) is 0 Å². The second-order valence-electron chi connectivity index (χ2n) is 5.74. The van der Waals surface area contributed by atoms with Crippen molar-refractivity contribution in [3.8, 4) is 0 Å². The lowest BCUT2D eigenvalue weighted by Gasteiger charge is -2.20. The summed E-state index contributed by atoms with van der Waals surface area (Å²) >= 11 is 0. The summed E-state index contributed by atoms with van der Waals surface area (Å²) in [5.74, 6) is 1.79. The number of nitrogens with zero attached hydrogens (tertiary/aromatic N) is 1. The van der Waals surface area contributed by atoms with Crippen molar-refractivity contribution in [2.75, 3.05) is 20.6 Å². The molecule has 0 saturated carbocycles. The van der Waals surface area contributed by atoms with E-state index in [-0.39, 0.29) is 0 Å². The molecule has 1 N–H and O–H groups in total. The van der Waals surface area contributed by atoms with Gasteiger partial charge < -0.3 is 14.6 Å². The average Bonchev–Trinajstić information content (AvgIpc) is 2.77. The monoisotopic (exact) mass is 274 g/mol. The highest BCUT2D eigenvalue weighted by Crippen LogP contribution is 2.27. The molecule has 3 heteroatoms. The summed E-state index contributed by atoms with van der Waals surface area (Å²) in [6, 6.07) is 8.32. The number of para-hydroxylation sites is 1. The Labute approximate surface area is 122 Å². The van der Waals surface area contributed by atoms with E-state index in [1.807, 2.05) is 19.2 Å². The molecule has 0 spiro atoms. The van der Waals surface area contributed by atoms with Crippen molar-refractivity contribution in [2.45, 2.75) is 33.4 Å². The zero-order valence-corrected chi connectivity index (χ0v) is 13.1. The quantitative estimate of drug-likeness (QED) is 0.835. The Morgan fingerprint density at radius 3 is 2.75 bits per heavy atom. The van der Waals surface area contributed by atoms with E-state index in [9.17, 15) is 0 Å². The fourth-order valence-corrected chi connectivity index (χ4v) is 2.62. The summed E-state index contributed by atoms with van der Waals surface area (Å²) in [5, 5.41) is 4.44. The van der Waals surface area contributed by atoms with Gasteiger partial charge in [-0.2, -0.15) is 0 Å². The van der Waals surface area contributed by atoms with Crippen molar-refractivity contribution in [1.29, 1.82) is 0 Å². The van der Waals surface area contributed by atoms with E-state index in [4.69, 9.17) is 4.42 Å². The fourth-order valence-electron chi connectivity index (χ4n) is 2.62. The number of benzene rings is 1. The van der Waals surface area contributed by atoms with Crippen molar-refractivity contribution >= 4 is 11.0 Å². The molecule has 2 aromatic rings. The third-order valence-electron chi connectivity index (χ3n) is 3.87. The molecule has 20 heavy (non-hydrogen) atoms. The minimum absolute atomic E-state index is 0.728. The van der Waals surface area contributed by atoms with Gasteiger partial charge in [0.05, 0.1) is 6.54 Å². The summed E-state index contributed by atoms with van der Waals surface area (Å²) in [7, 11) is 4.15. The van der Waals surface area contributed by atoms with Crippen LogP contribution in [0, 0.1) is 5.92 Å². The van der Waals surface area contributed by atoms with Gasteiger partial charge in [0, 0.05) is 24.0 Å². The maximum absolute atomic E-state index is 5.98.